The predicted octanol–water partition coefficient (Wildman–Crippen LogP) is 7.77. The summed E-state index contributed by atoms with van der Waals surface area (Å²) in [6, 6.07) is 19.5. The predicted molar refractivity (Wildman–Crippen MR) is 105 cm³/mol. The van der Waals surface area contributed by atoms with E-state index >= 15 is 0 Å². The van der Waals surface area contributed by atoms with Crippen molar-refractivity contribution < 1.29 is 0 Å². The molecule has 0 N–H and O–H groups in total. The second kappa shape index (κ2) is 17.5. The van der Waals surface area contributed by atoms with Crippen LogP contribution < -0.4 is 0 Å². The average Bonchev–Trinajstić information content (AvgIpc) is 2.66. The van der Waals surface area contributed by atoms with Crippen LogP contribution in [0.15, 0.2) is 54.6 Å². The minimum atomic E-state index is 1.19. The summed E-state index contributed by atoms with van der Waals surface area (Å²) in [4.78, 5) is 0. The molecule has 2 aromatic rings. The molecule has 2 rings (SSSR count). The number of hydrogen-bond acceptors (Lipinski definition) is 0. The Morgan fingerprint density at radius 1 is 0.636 bits per heavy atom. The van der Waals surface area contributed by atoms with E-state index in [4.69, 9.17) is 0 Å². The Hall–Kier alpha value is -1.56. The van der Waals surface area contributed by atoms with E-state index in [1.165, 1.54) is 36.0 Å². The van der Waals surface area contributed by atoms with Gasteiger partial charge in [0.1, 0.15) is 0 Å². The van der Waals surface area contributed by atoms with Gasteiger partial charge in [0.15, 0.2) is 0 Å². The first-order valence-corrected chi connectivity index (χ1v) is 9.04. The molecule has 0 atom stereocenters. The molecule has 0 fully saturated rings. The lowest BCUT2D eigenvalue weighted by Gasteiger charge is -2.05. The van der Waals surface area contributed by atoms with Gasteiger partial charge >= 0.3 is 0 Å². The summed E-state index contributed by atoms with van der Waals surface area (Å²) in [5.74, 6) is 0. The molecule has 0 nitrogen and oxygen atoms in total. The van der Waals surface area contributed by atoms with E-state index in [1.54, 1.807) is 0 Å². The van der Waals surface area contributed by atoms with Crippen molar-refractivity contribution in [3.63, 3.8) is 0 Å². The normalized spacial score (nSPS) is 8.32. The summed E-state index contributed by atoms with van der Waals surface area (Å²) >= 11 is 0. The van der Waals surface area contributed by atoms with Crippen LogP contribution in [-0.4, -0.2) is 0 Å². The van der Waals surface area contributed by atoms with Crippen LogP contribution in [0.5, 0.6) is 0 Å². The van der Waals surface area contributed by atoms with Gasteiger partial charge in [0.05, 0.1) is 0 Å². The van der Waals surface area contributed by atoms with Gasteiger partial charge in [-0.25, -0.2) is 0 Å². The molecule has 0 heterocycles. The summed E-state index contributed by atoms with van der Waals surface area (Å²) in [5.41, 5.74) is 4.08. The highest BCUT2D eigenvalue weighted by Gasteiger charge is 1.98. The van der Waals surface area contributed by atoms with Crippen molar-refractivity contribution in [1.82, 2.24) is 0 Å². The van der Waals surface area contributed by atoms with E-state index in [9.17, 15) is 0 Å². The fraction of sp³-hybridized carbons (Fsp3) is 0.455. The topological polar surface area (TPSA) is 0 Å². The molecule has 0 spiro atoms. The highest BCUT2D eigenvalue weighted by molar-refractivity contribution is 5.63. The van der Waals surface area contributed by atoms with Crippen molar-refractivity contribution in [2.75, 3.05) is 0 Å². The van der Waals surface area contributed by atoms with E-state index in [-0.39, 0.29) is 0 Å². The van der Waals surface area contributed by atoms with Gasteiger partial charge in [-0.05, 0) is 29.5 Å². The Kier molecular flexibility index (Phi) is 18.1. The Bertz CT molecular complexity index is 429. The van der Waals surface area contributed by atoms with Gasteiger partial charge in [0.25, 0.3) is 0 Å². The van der Waals surface area contributed by atoms with Crippen molar-refractivity contribution in [2.45, 2.75) is 67.7 Å². The molecule has 0 aliphatic carbocycles. The van der Waals surface area contributed by atoms with Crippen LogP contribution in [0.2, 0.25) is 0 Å². The molecule has 0 heteroatoms. The number of hydrogen-bond donors (Lipinski definition) is 0. The molecule has 0 aromatic heterocycles. The summed E-state index contributed by atoms with van der Waals surface area (Å²) in [6.07, 6.45) is 3.73. The molecule has 0 amide bonds. The molecule has 2 aromatic carbocycles. The molecule has 0 saturated carbocycles. The number of rotatable bonds is 4. The van der Waals surface area contributed by atoms with Gasteiger partial charge in [-0.2, -0.15) is 0 Å². The van der Waals surface area contributed by atoms with Gasteiger partial charge in [0.2, 0.25) is 0 Å². The number of benzene rings is 2. The van der Waals surface area contributed by atoms with E-state index < -0.39 is 0 Å². The van der Waals surface area contributed by atoms with E-state index in [2.05, 4.69) is 61.5 Å². The van der Waals surface area contributed by atoms with E-state index in [1.807, 2.05) is 41.5 Å². The second-order valence-electron chi connectivity index (χ2n) is 4.17. The van der Waals surface area contributed by atoms with E-state index in [0.717, 1.165) is 0 Å². The lowest BCUT2D eigenvalue weighted by Crippen LogP contribution is -1.85. The Balaban J connectivity index is 0. The largest absolute Gasteiger partial charge is 0.0683 e. The standard InChI is InChI=1S/C16H18.3C2H6/c1-2-3-8-14-9-7-12-16(13-14)15-10-5-4-6-11-15;3*1-2/h4-7,9-13H,2-3,8H2,1H3;3*1-2H3. The zero-order chi connectivity index (χ0) is 17.2. The van der Waals surface area contributed by atoms with Crippen molar-refractivity contribution in [3.05, 3.63) is 60.2 Å². The summed E-state index contributed by atoms with van der Waals surface area (Å²) in [5, 5.41) is 0. The molecular weight excluding hydrogens is 264 g/mol. The summed E-state index contributed by atoms with van der Waals surface area (Å²) in [7, 11) is 0. The van der Waals surface area contributed by atoms with Gasteiger partial charge < -0.3 is 0 Å². The molecule has 0 unspecified atom stereocenters. The highest BCUT2D eigenvalue weighted by atomic mass is 14.0. The number of unbranched alkanes of at least 4 members (excludes halogenated alkanes) is 1. The van der Waals surface area contributed by atoms with Crippen LogP contribution in [0.3, 0.4) is 0 Å². The first-order valence-electron chi connectivity index (χ1n) is 9.04. The molecule has 0 aliphatic heterocycles. The molecule has 0 saturated heterocycles. The average molecular weight is 301 g/mol. The Labute approximate surface area is 139 Å². The zero-order valence-corrected chi connectivity index (χ0v) is 15.8. The lowest BCUT2D eigenvalue weighted by atomic mass is 10.0. The van der Waals surface area contributed by atoms with Crippen LogP contribution in [0, 0.1) is 0 Å². The van der Waals surface area contributed by atoms with Gasteiger partial charge in [-0.15, -0.1) is 0 Å². The highest BCUT2D eigenvalue weighted by Crippen LogP contribution is 2.20. The SMILES string of the molecule is CC.CC.CC.CCCCc1cccc(-c2ccccc2)c1. The van der Waals surface area contributed by atoms with E-state index in [0.29, 0.717) is 0 Å². The maximum Gasteiger partial charge on any atom is -0.0181 e. The Morgan fingerprint density at radius 2 is 1.18 bits per heavy atom. The maximum atomic E-state index is 2.31. The van der Waals surface area contributed by atoms with Gasteiger partial charge in [-0.3, -0.25) is 0 Å². The monoisotopic (exact) mass is 300 g/mol. The Morgan fingerprint density at radius 3 is 1.73 bits per heavy atom. The third kappa shape index (κ3) is 9.39. The maximum absolute atomic E-state index is 2.31. The minimum absolute atomic E-state index is 1.19. The van der Waals surface area contributed by atoms with Crippen LogP contribution >= 0.6 is 0 Å². The number of aryl methyl sites for hydroxylation is 1. The van der Waals surface area contributed by atoms with Crippen LogP contribution in [0.4, 0.5) is 0 Å². The first kappa shape index (κ1) is 22.7. The lowest BCUT2D eigenvalue weighted by molar-refractivity contribution is 0.795. The fourth-order valence-electron chi connectivity index (χ4n) is 1.92. The van der Waals surface area contributed by atoms with Gasteiger partial charge in [-0.1, -0.05) is 109 Å². The fourth-order valence-corrected chi connectivity index (χ4v) is 1.92. The molecule has 124 valence electrons. The molecule has 0 radical (unpaired) electrons. The van der Waals surface area contributed by atoms with Crippen molar-refractivity contribution >= 4 is 0 Å². The summed E-state index contributed by atoms with van der Waals surface area (Å²) in [6.45, 7) is 14.2. The van der Waals surface area contributed by atoms with Crippen LogP contribution in [0.1, 0.15) is 66.9 Å². The van der Waals surface area contributed by atoms with Crippen LogP contribution in [0.25, 0.3) is 11.1 Å². The minimum Gasteiger partial charge on any atom is -0.0683 e. The first-order chi connectivity index (χ1) is 10.9. The van der Waals surface area contributed by atoms with Crippen molar-refractivity contribution in [3.8, 4) is 11.1 Å². The zero-order valence-electron chi connectivity index (χ0n) is 15.8. The molecule has 0 aliphatic rings. The smallest absolute Gasteiger partial charge is 0.0181 e. The van der Waals surface area contributed by atoms with Crippen molar-refractivity contribution in [1.29, 1.82) is 0 Å². The third-order valence-corrected chi connectivity index (χ3v) is 2.85. The quantitative estimate of drug-likeness (QED) is 0.541. The molecular formula is C22H36. The van der Waals surface area contributed by atoms with Crippen LogP contribution in [-0.2, 0) is 6.42 Å². The third-order valence-electron chi connectivity index (χ3n) is 2.85. The molecule has 0 bridgehead atoms. The second-order valence-corrected chi connectivity index (χ2v) is 4.17. The van der Waals surface area contributed by atoms with Crippen molar-refractivity contribution in [2.24, 2.45) is 0 Å². The molecule has 22 heavy (non-hydrogen) atoms. The van der Waals surface area contributed by atoms with Gasteiger partial charge in [0, 0.05) is 0 Å². The summed E-state index contributed by atoms with van der Waals surface area (Å²) < 4.78 is 0.